The summed E-state index contributed by atoms with van der Waals surface area (Å²) in [5.41, 5.74) is 2.61. The molecule has 2 aromatic rings. The number of nitrogens with one attached hydrogen (secondary N) is 1. The highest BCUT2D eigenvalue weighted by atomic mass is 15.1. The Hall–Kier alpha value is -1.80. The van der Waals surface area contributed by atoms with Crippen LogP contribution in [0.4, 0.5) is 0 Å². The lowest BCUT2D eigenvalue weighted by atomic mass is 10.1. The molecule has 1 aromatic carbocycles. The van der Waals surface area contributed by atoms with Crippen LogP contribution in [-0.4, -0.2) is 29.5 Å². The first-order valence-electron chi connectivity index (χ1n) is 6.34. The predicted octanol–water partition coefficient (Wildman–Crippen LogP) is 3.38. The Kier molecular flexibility index (Phi) is 4.37. The van der Waals surface area contributed by atoms with Crippen LogP contribution in [0.15, 0.2) is 55.8 Å². The minimum absolute atomic E-state index is 0.912. The second-order valence-corrected chi connectivity index (χ2v) is 4.44. The van der Waals surface area contributed by atoms with Crippen LogP contribution < -0.4 is 0 Å². The third-order valence-electron chi connectivity index (χ3n) is 3.16. The van der Waals surface area contributed by atoms with E-state index < -0.39 is 0 Å². The fourth-order valence-electron chi connectivity index (χ4n) is 2.27. The smallest absolute Gasteiger partial charge is 0.0456 e. The van der Waals surface area contributed by atoms with Crippen LogP contribution in [0.25, 0.3) is 10.9 Å². The van der Waals surface area contributed by atoms with Gasteiger partial charge in [0.05, 0.1) is 0 Å². The maximum atomic E-state index is 3.80. The number of hydrogen-bond acceptors (Lipinski definition) is 1. The number of aromatic nitrogens is 1. The molecule has 2 nitrogen and oxygen atoms in total. The van der Waals surface area contributed by atoms with Crippen molar-refractivity contribution in [2.75, 3.05) is 19.6 Å². The molecule has 2 rings (SSSR count). The number of H-pyrrole nitrogens is 1. The average Bonchev–Trinajstić information content (AvgIpc) is 2.85. The topological polar surface area (TPSA) is 19.0 Å². The number of rotatable bonds is 7. The van der Waals surface area contributed by atoms with Gasteiger partial charge < -0.3 is 4.98 Å². The number of fused-ring (bicyclic) bond motifs is 1. The zero-order valence-corrected chi connectivity index (χ0v) is 10.7. The van der Waals surface area contributed by atoms with E-state index in [1.165, 1.54) is 16.5 Å². The molecule has 1 heterocycles. The van der Waals surface area contributed by atoms with Gasteiger partial charge in [-0.05, 0) is 24.1 Å². The molecular formula is C16H20N2. The molecule has 0 fully saturated rings. The monoisotopic (exact) mass is 240 g/mol. The van der Waals surface area contributed by atoms with Gasteiger partial charge >= 0.3 is 0 Å². The number of aromatic amines is 1. The summed E-state index contributed by atoms with van der Waals surface area (Å²) in [5.74, 6) is 0. The highest BCUT2D eigenvalue weighted by Gasteiger charge is 2.04. The normalized spacial score (nSPS) is 10.9. The van der Waals surface area contributed by atoms with Gasteiger partial charge in [-0.15, -0.1) is 13.2 Å². The molecule has 18 heavy (non-hydrogen) atoms. The van der Waals surface area contributed by atoms with Crippen molar-refractivity contribution in [1.29, 1.82) is 0 Å². The molecule has 94 valence electrons. The van der Waals surface area contributed by atoms with Gasteiger partial charge in [-0.3, -0.25) is 4.90 Å². The lowest BCUT2D eigenvalue weighted by Gasteiger charge is -2.18. The third-order valence-corrected chi connectivity index (χ3v) is 3.16. The van der Waals surface area contributed by atoms with Gasteiger partial charge in [0, 0.05) is 36.7 Å². The molecule has 0 aliphatic heterocycles. The summed E-state index contributed by atoms with van der Waals surface area (Å²) in [6.45, 7) is 10.5. The Morgan fingerprint density at radius 1 is 1.11 bits per heavy atom. The maximum Gasteiger partial charge on any atom is 0.0456 e. The van der Waals surface area contributed by atoms with E-state index in [0.717, 1.165) is 26.1 Å². The van der Waals surface area contributed by atoms with Crippen LogP contribution in [0.3, 0.4) is 0 Å². The van der Waals surface area contributed by atoms with Crippen molar-refractivity contribution in [3.8, 4) is 0 Å². The predicted molar refractivity (Wildman–Crippen MR) is 78.8 cm³/mol. The number of nitrogens with zero attached hydrogens (tertiary/aromatic N) is 1. The fraction of sp³-hybridized carbons (Fsp3) is 0.250. The summed E-state index contributed by atoms with van der Waals surface area (Å²) >= 11 is 0. The van der Waals surface area contributed by atoms with Crippen molar-refractivity contribution in [1.82, 2.24) is 9.88 Å². The minimum atomic E-state index is 0.912. The van der Waals surface area contributed by atoms with Crippen molar-refractivity contribution < 1.29 is 0 Å². The molecule has 0 aliphatic carbocycles. The van der Waals surface area contributed by atoms with Gasteiger partial charge in [-0.25, -0.2) is 0 Å². The molecule has 1 aromatic heterocycles. The van der Waals surface area contributed by atoms with E-state index in [1.807, 2.05) is 18.3 Å². The molecule has 0 unspecified atom stereocenters. The summed E-state index contributed by atoms with van der Waals surface area (Å²) < 4.78 is 0. The summed E-state index contributed by atoms with van der Waals surface area (Å²) in [7, 11) is 0. The molecule has 0 radical (unpaired) electrons. The van der Waals surface area contributed by atoms with Crippen LogP contribution in [0.2, 0.25) is 0 Å². The molecule has 0 aliphatic rings. The Balaban J connectivity index is 2.06. The van der Waals surface area contributed by atoms with Gasteiger partial charge in [-0.2, -0.15) is 0 Å². The highest BCUT2D eigenvalue weighted by molar-refractivity contribution is 5.82. The molecule has 2 heteroatoms. The van der Waals surface area contributed by atoms with Crippen molar-refractivity contribution in [2.45, 2.75) is 6.42 Å². The first-order chi connectivity index (χ1) is 8.85. The number of benzene rings is 1. The zero-order chi connectivity index (χ0) is 12.8. The molecule has 0 bridgehead atoms. The van der Waals surface area contributed by atoms with Crippen LogP contribution in [-0.2, 0) is 6.42 Å². The number of hydrogen-bond donors (Lipinski definition) is 1. The van der Waals surface area contributed by atoms with Gasteiger partial charge in [0.1, 0.15) is 0 Å². The Labute approximate surface area is 109 Å². The molecule has 0 atom stereocenters. The van der Waals surface area contributed by atoms with E-state index in [9.17, 15) is 0 Å². The van der Waals surface area contributed by atoms with Crippen molar-refractivity contribution in [2.24, 2.45) is 0 Å². The van der Waals surface area contributed by atoms with Gasteiger partial charge in [-0.1, -0.05) is 24.3 Å². The molecule has 0 spiro atoms. The quantitative estimate of drug-likeness (QED) is 0.735. The second-order valence-electron chi connectivity index (χ2n) is 4.44. The van der Waals surface area contributed by atoms with Crippen LogP contribution in [0.1, 0.15) is 5.56 Å². The van der Waals surface area contributed by atoms with E-state index in [1.54, 1.807) is 0 Å². The Morgan fingerprint density at radius 2 is 1.89 bits per heavy atom. The van der Waals surface area contributed by atoms with Gasteiger partial charge in [0.2, 0.25) is 0 Å². The molecule has 0 saturated heterocycles. The van der Waals surface area contributed by atoms with E-state index >= 15 is 0 Å². The van der Waals surface area contributed by atoms with Crippen molar-refractivity contribution >= 4 is 10.9 Å². The van der Waals surface area contributed by atoms with Crippen molar-refractivity contribution in [3.63, 3.8) is 0 Å². The summed E-state index contributed by atoms with van der Waals surface area (Å²) in [6.07, 6.45) is 6.94. The second kappa shape index (κ2) is 6.22. The first-order valence-corrected chi connectivity index (χ1v) is 6.34. The third kappa shape index (κ3) is 2.90. The van der Waals surface area contributed by atoms with Gasteiger partial charge in [0.25, 0.3) is 0 Å². The first kappa shape index (κ1) is 12.7. The summed E-state index contributed by atoms with van der Waals surface area (Å²) in [4.78, 5) is 5.59. The van der Waals surface area contributed by atoms with E-state index in [4.69, 9.17) is 0 Å². The van der Waals surface area contributed by atoms with Crippen LogP contribution >= 0.6 is 0 Å². The Morgan fingerprint density at radius 3 is 2.61 bits per heavy atom. The zero-order valence-electron chi connectivity index (χ0n) is 10.7. The summed E-state index contributed by atoms with van der Waals surface area (Å²) in [6, 6.07) is 8.58. The molecular weight excluding hydrogens is 220 g/mol. The minimum Gasteiger partial charge on any atom is -0.361 e. The van der Waals surface area contributed by atoms with E-state index in [0.29, 0.717) is 0 Å². The van der Waals surface area contributed by atoms with Gasteiger partial charge in [0.15, 0.2) is 0 Å². The maximum absolute atomic E-state index is 3.80. The molecule has 0 amide bonds. The lowest BCUT2D eigenvalue weighted by molar-refractivity contribution is 0.340. The van der Waals surface area contributed by atoms with Crippen LogP contribution in [0, 0.1) is 0 Å². The van der Waals surface area contributed by atoms with E-state index in [-0.39, 0.29) is 0 Å². The SMILES string of the molecule is C=CCN(CC=C)CCc1cccc2[nH]ccc12. The van der Waals surface area contributed by atoms with Crippen molar-refractivity contribution in [3.05, 3.63) is 61.3 Å². The van der Waals surface area contributed by atoms with E-state index in [2.05, 4.69) is 47.3 Å². The average molecular weight is 240 g/mol. The summed E-state index contributed by atoms with van der Waals surface area (Å²) in [5, 5.41) is 1.33. The standard InChI is InChI=1S/C16H20N2/c1-3-11-18(12-4-2)13-9-14-6-5-7-16-15(14)8-10-17-16/h3-8,10,17H,1-2,9,11-13H2. The Bertz CT molecular complexity index is 515. The fourth-order valence-corrected chi connectivity index (χ4v) is 2.27. The van der Waals surface area contributed by atoms with Crippen LogP contribution in [0.5, 0.6) is 0 Å². The lowest BCUT2D eigenvalue weighted by Crippen LogP contribution is -2.26. The largest absolute Gasteiger partial charge is 0.361 e. The molecule has 1 N–H and O–H groups in total. The highest BCUT2D eigenvalue weighted by Crippen LogP contribution is 2.18. The molecule has 0 saturated carbocycles.